The van der Waals surface area contributed by atoms with Crippen molar-refractivity contribution in [2.45, 2.75) is 49.0 Å². The maximum atomic E-state index is 13.8. The fraction of sp³-hybridized carbons (Fsp3) is 0.381. The molecule has 1 aliphatic heterocycles. The number of hydrogen-bond donors (Lipinski definition) is 0. The molecular weight excluding hydrogens is 367 g/mol. The van der Waals surface area contributed by atoms with Crippen LogP contribution in [0.3, 0.4) is 0 Å². The molecule has 0 radical (unpaired) electrons. The Morgan fingerprint density at radius 2 is 1.67 bits per heavy atom. The Morgan fingerprint density at radius 1 is 1.04 bits per heavy atom. The number of imide groups is 1. The number of likely N-dealkylation sites (tertiary alicyclic amines) is 1. The highest BCUT2D eigenvalue weighted by molar-refractivity contribution is 6.30. The van der Waals surface area contributed by atoms with E-state index in [1.54, 1.807) is 18.5 Å². The summed E-state index contributed by atoms with van der Waals surface area (Å²) in [5.41, 5.74) is 1.68. The number of benzene rings is 1. The molecule has 4 nitrogen and oxygen atoms in total. The Balaban J connectivity index is 1.32. The normalized spacial score (nSPS) is 30.1. The number of hydrogen-bond acceptors (Lipinski definition) is 3. The molecule has 6 rings (SSSR count). The summed E-state index contributed by atoms with van der Waals surface area (Å²) in [6.45, 7) is 0. The van der Waals surface area contributed by atoms with Gasteiger partial charge in [0.15, 0.2) is 0 Å². The highest BCUT2D eigenvalue weighted by Crippen LogP contribution is 2.70. The van der Waals surface area contributed by atoms with Gasteiger partial charge >= 0.3 is 0 Å². The van der Waals surface area contributed by atoms with Crippen molar-refractivity contribution in [1.82, 2.24) is 9.88 Å². The quantitative estimate of drug-likeness (QED) is 0.752. The number of halogens is 2. The van der Waals surface area contributed by atoms with E-state index in [1.165, 1.54) is 22.6 Å². The maximum absolute atomic E-state index is 13.8. The van der Waals surface area contributed by atoms with Crippen molar-refractivity contribution in [3.05, 3.63) is 64.7 Å². The summed E-state index contributed by atoms with van der Waals surface area (Å²) < 4.78 is 13.8. The third-order valence-electron chi connectivity index (χ3n) is 6.53. The van der Waals surface area contributed by atoms with Crippen molar-refractivity contribution in [3.8, 4) is 0 Å². The molecule has 2 heterocycles. The first-order chi connectivity index (χ1) is 12.9. The molecule has 0 N–H and O–H groups in total. The van der Waals surface area contributed by atoms with E-state index in [1.807, 2.05) is 12.1 Å². The Morgan fingerprint density at radius 3 is 2.26 bits per heavy atom. The van der Waals surface area contributed by atoms with Crippen molar-refractivity contribution in [3.63, 3.8) is 0 Å². The first-order valence-electron chi connectivity index (χ1n) is 9.14. The summed E-state index contributed by atoms with van der Waals surface area (Å²) in [6.07, 6.45) is 6.55. The lowest BCUT2D eigenvalue weighted by atomic mass is 9.36. The Kier molecular flexibility index (Phi) is 3.51. The van der Waals surface area contributed by atoms with E-state index in [0.29, 0.717) is 5.56 Å². The van der Waals surface area contributed by atoms with Crippen LogP contribution in [0.1, 0.15) is 49.1 Å². The van der Waals surface area contributed by atoms with E-state index < -0.39 is 5.82 Å². The van der Waals surface area contributed by atoms with Crippen LogP contribution >= 0.6 is 11.6 Å². The fourth-order valence-electron chi connectivity index (χ4n) is 5.33. The van der Waals surface area contributed by atoms with Gasteiger partial charge in [0.25, 0.3) is 0 Å². The van der Waals surface area contributed by atoms with Gasteiger partial charge < -0.3 is 0 Å². The van der Waals surface area contributed by atoms with E-state index in [-0.39, 0.29) is 46.6 Å². The molecule has 2 aromatic rings. The van der Waals surface area contributed by atoms with E-state index >= 15 is 0 Å². The molecule has 3 saturated carbocycles. The average Bonchev–Trinajstić information content (AvgIpc) is 2.58. The van der Waals surface area contributed by atoms with Crippen molar-refractivity contribution in [2.75, 3.05) is 0 Å². The number of aromatic nitrogens is 1. The van der Waals surface area contributed by atoms with Gasteiger partial charge in [-0.25, -0.2) is 4.39 Å². The van der Waals surface area contributed by atoms with Gasteiger partial charge in [0, 0.05) is 36.6 Å². The van der Waals surface area contributed by atoms with E-state index in [2.05, 4.69) is 4.98 Å². The van der Waals surface area contributed by atoms with Crippen LogP contribution in [0.4, 0.5) is 4.39 Å². The molecule has 27 heavy (non-hydrogen) atoms. The molecule has 1 aromatic heterocycles. The van der Waals surface area contributed by atoms with Gasteiger partial charge in [-0.2, -0.15) is 0 Å². The average molecular weight is 385 g/mol. The largest absolute Gasteiger partial charge is 0.276 e. The van der Waals surface area contributed by atoms with E-state index in [4.69, 9.17) is 11.6 Å². The molecule has 2 amide bonds. The molecule has 0 spiro atoms. The predicted molar refractivity (Wildman–Crippen MR) is 97.7 cm³/mol. The van der Waals surface area contributed by atoms with Crippen LogP contribution in [-0.4, -0.2) is 27.2 Å². The van der Waals surface area contributed by atoms with Crippen LogP contribution in [-0.2, 0) is 15.0 Å². The molecule has 4 aliphatic rings. The molecule has 0 atom stereocenters. The number of piperidine rings is 1. The summed E-state index contributed by atoms with van der Waals surface area (Å²) >= 11 is 5.73. The van der Waals surface area contributed by atoms with Crippen LogP contribution in [0, 0.1) is 5.82 Å². The van der Waals surface area contributed by atoms with Gasteiger partial charge in [0.1, 0.15) is 5.82 Å². The van der Waals surface area contributed by atoms with Crippen molar-refractivity contribution in [2.24, 2.45) is 0 Å². The minimum absolute atomic E-state index is 0.0455. The van der Waals surface area contributed by atoms with Gasteiger partial charge in [-0.05, 0) is 54.7 Å². The predicted octanol–water partition coefficient (Wildman–Crippen LogP) is 3.98. The number of nitrogens with zero attached hydrogens (tertiary/aromatic N) is 2. The summed E-state index contributed by atoms with van der Waals surface area (Å²) in [4.78, 5) is 31.2. The first-order valence-corrected chi connectivity index (χ1v) is 9.52. The zero-order valence-electron chi connectivity index (χ0n) is 14.6. The highest BCUT2D eigenvalue weighted by atomic mass is 35.5. The molecule has 6 heteroatoms. The van der Waals surface area contributed by atoms with E-state index in [0.717, 1.165) is 19.3 Å². The van der Waals surface area contributed by atoms with E-state index in [9.17, 15) is 14.0 Å². The number of pyridine rings is 1. The van der Waals surface area contributed by atoms with Crippen LogP contribution in [0.25, 0.3) is 0 Å². The zero-order chi connectivity index (χ0) is 18.8. The molecule has 0 unspecified atom stereocenters. The Labute approximate surface area is 161 Å². The molecule has 4 fully saturated rings. The lowest BCUT2D eigenvalue weighted by Gasteiger charge is -2.73. The maximum Gasteiger partial charge on any atom is 0.230 e. The third-order valence-corrected chi connectivity index (χ3v) is 6.83. The number of carbonyl (C=O) groups excluding carboxylic acids is 2. The van der Waals surface area contributed by atoms with Gasteiger partial charge in [-0.15, -0.1) is 0 Å². The highest BCUT2D eigenvalue weighted by Gasteiger charge is 2.72. The van der Waals surface area contributed by atoms with Crippen LogP contribution in [0.15, 0.2) is 42.7 Å². The second kappa shape index (κ2) is 5.61. The van der Waals surface area contributed by atoms with Gasteiger partial charge in [0.2, 0.25) is 11.8 Å². The topological polar surface area (TPSA) is 50.3 Å². The first kappa shape index (κ1) is 16.9. The van der Waals surface area contributed by atoms with Gasteiger partial charge in [-0.3, -0.25) is 19.5 Å². The minimum Gasteiger partial charge on any atom is -0.276 e. The number of carbonyl (C=O) groups is 2. The lowest BCUT2D eigenvalue weighted by Crippen LogP contribution is -2.78. The van der Waals surface area contributed by atoms with Crippen LogP contribution < -0.4 is 0 Å². The SMILES string of the molecule is O=C1CC(c2ccc(Cl)c(F)c2)CC(=O)N1C12CC(c3ccncc3)(C1)C2. The van der Waals surface area contributed by atoms with Crippen LogP contribution in [0.5, 0.6) is 0 Å². The minimum atomic E-state index is -0.518. The Hall–Kier alpha value is -2.27. The summed E-state index contributed by atoms with van der Waals surface area (Å²) in [5.74, 6) is -1.09. The van der Waals surface area contributed by atoms with Crippen molar-refractivity contribution in [1.29, 1.82) is 0 Å². The second-order valence-electron chi connectivity index (χ2n) is 8.17. The molecule has 1 saturated heterocycles. The zero-order valence-corrected chi connectivity index (χ0v) is 15.4. The number of rotatable bonds is 3. The summed E-state index contributed by atoms with van der Waals surface area (Å²) in [6, 6.07) is 8.56. The molecular formula is C21H18ClFN2O2. The molecule has 138 valence electrons. The summed E-state index contributed by atoms with van der Waals surface area (Å²) in [5, 5.41) is 0.0455. The molecule has 1 aromatic carbocycles. The van der Waals surface area contributed by atoms with Gasteiger partial charge in [-0.1, -0.05) is 17.7 Å². The van der Waals surface area contributed by atoms with Crippen molar-refractivity contribution >= 4 is 23.4 Å². The molecule has 2 bridgehead atoms. The smallest absolute Gasteiger partial charge is 0.230 e. The number of amides is 2. The monoisotopic (exact) mass is 384 g/mol. The second-order valence-corrected chi connectivity index (χ2v) is 8.58. The third kappa shape index (κ3) is 2.37. The summed E-state index contributed by atoms with van der Waals surface area (Å²) in [7, 11) is 0. The fourth-order valence-corrected chi connectivity index (χ4v) is 5.45. The van der Waals surface area contributed by atoms with Gasteiger partial charge in [0.05, 0.1) is 10.6 Å². The molecule has 3 aliphatic carbocycles. The van der Waals surface area contributed by atoms with Crippen molar-refractivity contribution < 1.29 is 14.0 Å². The van der Waals surface area contributed by atoms with Crippen LogP contribution in [0.2, 0.25) is 5.02 Å². The Bertz CT molecular complexity index is 924. The lowest BCUT2D eigenvalue weighted by molar-refractivity contribution is -0.195. The standard InChI is InChI=1S/C21H18ClFN2O2/c22-16-2-1-13(7-17(16)23)14-8-18(26)25(19(27)9-14)21-10-20(11-21,12-21)15-3-5-24-6-4-15/h1-7,14H,8-12H2.